The van der Waals surface area contributed by atoms with Crippen LogP contribution in [0, 0.1) is 0 Å². The van der Waals surface area contributed by atoms with Crippen molar-refractivity contribution in [3.05, 3.63) is 205 Å². The molecule has 1 aromatic heterocycles. The van der Waals surface area contributed by atoms with Gasteiger partial charge < -0.3 is 4.42 Å². The lowest BCUT2D eigenvalue weighted by Gasteiger charge is -2.39. The van der Waals surface area contributed by atoms with Crippen LogP contribution in [0.5, 0.6) is 0 Å². The van der Waals surface area contributed by atoms with Gasteiger partial charge in [0, 0.05) is 21.9 Å². The fourth-order valence-corrected chi connectivity index (χ4v) is 8.06. The van der Waals surface area contributed by atoms with Gasteiger partial charge in [0.2, 0.25) is 0 Å². The van der Waals surface area contributed by atoms with Crippen LogP contribution in [0.3, 0.4) is 0 Å². The Morgan fingerprint density at radius 3 is 1.58 bits per heavy atom. The second-order valence-corrected chi connectivity index (χ2v) is 13.8. The third kappa shape index (κ3) is 5.70. The topological polar surface area (TPSA) is 49.2 Å². The molecule has 1 aliphatic heterocycles. The molecule has 53 heavy (non-hydrogen) atoms. The lowest BCUT2D eigenvalue weighted by atomic mass is 9.89. The van der Waals surface area contributed by atoms with Crippen LogP contribution in [-0.4, -0.2) is 0 Å². The van der Waals surface area contributed by atoms with Gasteiger partial charge in [-0.25, -0.2) is 0 Å². The summed E-state index contributed by atoms with van der Waals surface area (Å²) in [5.74, 6) is 0. The highest BCUT2D eigenvalue weighted by Crippen LogP contribution is 2.46. The maximum atomic E-state index is 7.07. The molecule has 3 N–H and O–H groups in total. The van der Waals surface area contributed by atoms with Gasteiger partial charge in [-0.15, -0.1) is 0 Å². The van der Waals surface area contributed by atoms with E-state index in [4.69, 9.17) is 4.42 Å². The van der Waals surface area contributed by atoms with E-state index in [0.29, 0.717) is 0 Å². The Labute approximate surface area is 308 Å². The van der Waals surface area contributed by atoms with E-state index in [1.54, 1.807) is 0 Å². The zero-order valence-corrected chi connectivity index (χ0v) is 29.0. The van der Waals surface area contributed by atoms with E-state index in [0.717, 1.165) is 60.9 Å². The van der Waals surface area contributed by atoms with Crippen molar-refractivity contribution in [2.75, 3.05) is 0 Å². The maximum absolute atomic E-state index is 7.07. The van der Waals surface area contributed by atoms with Crippen LogP contribution in [0.1, 0.15) is 35.2 Å². The van der Waals surface area contributed by atoms with Crippen LogP contribution in [0.4, 0.5) is 0 Å². The molecular formula is C49H37N3O. The van der Waals surface area contributed by atoms with Gasteiger partial charge in [0.25, 0.3) is 0 Å². The third-order valence-corrected chi connectivity index (χ3v) is 10.6. The second-order valence-electron chi connectivity index (χ2n) is 13.8. The molecule has 10 rings (SSSR count). The van der Waals surface area contributed by atoms with Crippen LogP contribution in [0.25, 0.3) is 66.1 Å². The molecule has 4 nitrogen and oxygen atoms in total. The minimum Gasteiger partial charge on any atom is -0.455 e. The molecule has 2 heterocycles. The van der Waals surface area contributed by atoms with Crippen molar-refractivity contribution in [1.82, 2.24) is 16.0 Å². The Balaban J connectivity index is 1.15. The van der Waals surface area contributed by atoms with Crippen LogP contribution in [0.2, 0.25) is 0 Å². The van der Waals surface area contributed by atoms with E-state index in [2.05, 4.69) is 204 Å². The normalized spacial score (nSPS) is 17.4. The summed E-state index contributed by atoms with van der Waals surface area (Å²) in [6, 6.07) is 66.9. The predicted octanol–water partition coefficient (Wildman–Crippen LogP) is 11.9. The molecule has 4 heteroatoms. The Morgan fingerprint density at radius 1 is 0.340 bits per heavy atom. The number of fused-ring (bicyclic) bond motifs is 4. The number of hydrogen-bond acceptors (Lipinski definition) is 4. The highest BCUT2D eigenvalue weighted by atomic mass is 16.3. The maximum Gasteiger partial charge on any atom is 0.143 e. The highest BCUT2D eigenvalue weighted by molar-refractivity contribution is 6.17. The molecule has 1 fully saturated rings. The lowest BCUT2D eigenvalue weighted by Crippen LogP contribution is -2.54. The standard InChI is InChI=1S/C49H37N3O/c1-4-15-33(16-5-1)40-26-14-28-42-43-30-29-39(44(46(43)53-45(40)42)41-27-13-22-32-17-10-11-25-38(32)41)36-23-12-24-37(31-36)49-51-47(34-18-6-2-7-19-34)50-48(52-49)35-20-8-3-9-21-35/h1-31,47-52H. The molecular weight excluding hydrogens is 647 g/mol. The van der Waals surface area contributed by atoms with Gasteiger partial charge >= 0.3 is 0 Å². The molecule has 2 unspecified atom stereocenters. The minimum absolute atomic E-state index is 0.0479. The molecule has 0 bridgehead atoms. The van der Waals surface area contributed by atoms with E-state index in [1.165, 1.54) is 21.9 Å². The molecule has 8 aromatic carbocycles. The summed E-state index contributed by atoms with van der Waals surface area (Å²) in [6.45, 7) is 0. The van der Waals surface area contributed by atoms with Crippen molar-refractivity contribution in [2.45, 2.75) is 18.5 Å². The average Bonchev–Trinajstić information content (AvgIpc) is 3.63. The predicted molar refractivity (Wildman–Crippen MR) is 218 cm³/mol. The Bertz CT molecular complexity index is 2670. The minimum atomic E-state index is -0.115. The number of benzene rings is 8. The summed E-state index contributed by atoms with van der Waals surface area (Å²) in [6.07, 6.45) is -0.211. The quantitative estimate of drug-likeness (QED) is 0.163. The van der Waals surface area contributed by atoms with Crippen LogP contribution in [0.15, 0.2) is 192 Å². The van der Waals surface area contributed by atoms with E-state index < -0.39 is 0 Å². The Morgan fingerprint density at radius 2 is 0.849 bits per heavy atom. The Kier molecular flexibility index (Phi) is 7.92. The first-order valence-corrected chi connectivity index (χ1v) is 18.3. The van der Waals surface area contributed by atoms with Gasteiger partial charge in [-0.2, -0.15) is 0 Å². The fraction of sp³-hybridized carbons (Fsp3) is 0.0612. The second kappa shape index (κ2) is 13.4. The monoisotopic (exact) mass is 683 g/mol. The van der Waals surface area contributed by atoms with Crippen molar-refractivity contribution in [2.24, 2.45) is 0 Å². The lowest BCUT2D eigenvalue weighted by molar-refractivity contribution is 0.203. The van der Waals surface area contributed by atoms with E-state index in [9.17, 15) is 0 Å². The largest absolute Gasteiger partial charge is 0.455 e. The first-order valence-electron chi connectivity index (χ1n) is 18.3. The Hall–Kier alpha value is -6.30. The number of nitrogens with one attached hydrogen (secondary N) is 3. The van der Waals surface area contributed by atoms with Gasteiger partial charge in [0.05, 0.1) is 18.5 Å². The van der Waals surface area contributed by atoms with Gasteiger partial charge in [-0.1, -0.05) is 176 Å². The smallest absolute Gasteiger partial charge is 0.143 e. The molecule has 0 spiro atoms. The van der Waals surface area contributed by atoms with Gasteiger partial charge in [0.15, 0.2) is 0 Å². The fourth-order valence-electron chi connectivity index (χ4n) is 8.06. The summed E-state index contributed by atoms with van der Waals surface area (Å²) >= 11 is 0. The number of hydrogen-bond donors (Lipinski definition) is 3. The molecule has 0 saturated carbocycles. The zero-order chi connectivity index (χ0) is 35.1. The number of furan rings is 1. The van der Waals surface area contributed by atoms with Crippen LogP contribution >= 0.6 is 0 Å². The number of para-hydroxylation sites is 1. The summed E-state index contributed by atoms with van der Waals surface area (Å²) in [5.41, 5.74) is 12.1. The van der Waals surface area contributed by atoms with Crippen LogP contribution in [-0.2, 0) is 0 Å². The van der Waals surface area contributed by atoms with Gasteiger partial charge in [0.1, 0.15) is 11.2 Å². The van der Waals surface area contributed by atoms with E-state index in [1.807, 2.05) is 0 Å². The van der Waals surface area contributed by atoms with Crippen molar-refractivity contribution < 1.29 is 4.42 Å². The zero-order valence-electron chi connectivity index (χ0n) is 29.0. The van der Waals surface area contributed by atoms with Crippen molar-refractivity contribution >= 4 is 32.7 Å². The molecule has 0 amide bonds. The molecule has 1 aliphatic rings. The average molecular weight is 684 g/mol. The first-order chi connectivity index (χ1) is 26.3. The van der Waals surface area contributed by atoms with Crippen molar-refractivity contribution in [3.63, 3.8) is 0 Å². The molecule has 254 valence electrons. The van der Waals surface area contributed by atoms with Gasteiger partial charge in [-0.3, -0.25) is 16.0 Å². The number of rotatable bonds is 6. The molecule has 2 atom stereocenters. The van der Waals surface area contributed by atoms with Crippen molar-refractivity contribution in [3.8, 4) is 33.4 Å². The third-order valence-electron chi connectivity index (χ3n) is 10.6. The summed E-state index contributed by atoms with van der Waals surface area (Å²) < 4.78 is 7.07. The summed E-state index contributed by atoms with van der Waals surface area (Å²) in [7, 11) is 0. The molecule has 0 aliphatic carbocycles. The van der Waals surface area contributed by atoms with E-state index in [-0.39, 0.29) is 18.5 Å². The molecule has 0 radical (unpaired) electrons. The van der Waals surface area contributed by atoms with E-state index >= 15 is 0 Å². The highest BCUT2D eigenvalue weighted by Gasteiger charge is 2.30. The van der Waals surface area contributed by atoms with Gasteiger partial charge in [-0.05, 0) is 61.8 Å². The van der Waals surface area contributed by atoms with Crippen LogP contribution < -0.4 is 16.0 Å². The first kappa shape index (κ1) is 31.4. The summed E-state index contributed by atoms with van der Waals surface area (Å²) in [5, 5.41) is 16.1. The van der Waals surface area contributed by atoms with Crippen molar-refractivity contribution in [1.29, 1.82) is 0 Å². The molecule has 1 saturated heterocycles. The molecule has 9 aromatic rings. The summed E-state index contributed by atoms with van der Waals surface area (Å²) in [4.78, 5) is 0. The SMILES string of the molecule is c1ccc(-c2cccc3c2oc2c(-c4cccc5ccccc45)c(-c4cccc(C5NC(c6ccccc6)NC(c6ccccc6)N5)c4)ccc23)cc1.